The zero-order valence-electron chi connectivity index (χ0n) is 14.6. The van der Waals surface area contributed by atoms with Crippen molar-refractivity contribution in [2.45, 2.75) is 38.1 Å². The fourth-order valence-electron chi connectivity index (χ4n) is 4.01. The van der Waals surface area contributed by atoms with Gasteiger partial charge in [-0.05, 0) is 30.9 Å². The Kier molecular flexibility index (Phi) is 4.36. The molecule has 3 aliphatic rings. The van der Waals surface area contributed by atoms with E-state index in [1.54, 1.807) is 18.7 Å². The second kappa shape index (κ2) is 6.82. The number of aromatic nitrogens is 3. The highest BCUT2D eigenvalue weighted by molar-refractivity contribution is 5.95. The monoisotopic (exact) mass is 355 g/mol. The average Bonchev–Trinajstić information content (AvgIpc) is 3.31. The number of carbonyl (C=O) groups excluding carboxylic acids is 1. The molecule has 3 heterocycles. The number of furan rings is 1. The van der Waals surface area contributed by atoms with Gasteiger partial charge >= 0.3 is 5.97 Å². The third-order valence-corrected chi connectivity index (χ3v) is 5.28. The van der Waals surface area contributed by atoms with Gasteiger partial charge < -0.3 is 13.7 Å². The Hall–Kier alpha value is -2.83. The molecule has 1 fully saturated rings. The minimum atomic E-state index is -0.491. The van der Waals surface area contributed by atoms with Gasteiger partial charge in [0, 0.05) is 24.9 Å². The Morgan fingerprint density at radius 3 is 3.00 bits per heavy atom. The Labute approximate surface area is 150 Å². The van der Waals surface area contributed by atoms with Crippen molar-refractivity contribution in [1.82, 2.24) is 14.8 Å². The van der Waals surface area contributed by atoms with Crippen molar-refractivity contribution >= 4 is 5.97 Å². The number of esters is 1. The van der Waals surface area contributed by atoms with E-state index in [0.29, 0.717) is 22.7 Å². The molecule has 0 radical (unpaired) electrons. The highest BCUT2D eigenvalue weighted by Gasteiger charge is 2.30. The lowest BCUT2D eigenvalue weighted by Gasteiger charge is -2.33. The Balaban J connectivity index is 1.76. The molecule has 2 aliphatic heterocycles. The van der Waals surface area contributed by atoms with Crippen LogP contribution in [0.1, 0.15) is 47.8 Å². The minimum Gasteiger partial charge on any atom is -0.469 e. The normalized spacial score (nSPS) is 20.3. The first-order chi connectivity index (χ1) is 12.7. The molecule has 7 heteroatoms. The number of hydrogen-bond donors (Lipinski definition) is 1. The van der Waals surface area contributed by atoms with Gasteiger partial charge in [-0.3, -0.25) is 4.79 Å². The molecule has 0 unspecified atom stereocenters. The molecule has 0 saturated heterocycles. The third-order valence-electron chi connectivity index (χ3n) is 5.28. The van der Waals surface area contributed by atoms with Crippen molar-refractivity contribution in [3.8, 4) is 11.3 Å². The minimum absolute atomic E-state index is 0.191. The Bertz CT molecular complexity index is 925. The maximum absolute atomic E-state index is 12.2. The van der Waals surface area contributed by atoms with Crippen LogP contribution in [0.15, 0.2) is 40.0 Å². The first-order valence-electron chi connectivity index (χ1n) is 8.88. The van der Waals surface area contributed by atoms with Crippen LogP contribution in [0.5, 0.6) is 0 Å². The topological polar surface area (TPSA) is 90.1 Å². The van der Waals surface area contributed by atoms with Crippen molar-refractivity contribution in [3.05, 3.63) is 52.5 Å². The number of hydrogen-bond acceptors (Lipinski definition) is 5. The largest absolute Gasteiger partial charge is 0.469 e. The first kappa shape index (κ1) is 16.6. The van der Waals surface area contributed by atoms with Crippen LogP contribution in [0.3, 0.4) is 0 Å². The summed E-state index contributed by atoms with van der Waals surface area (Å²) >= 11 is 0. The molecule has 26 heavy (non-hydrogen) atoms. The quantitative estimate of drug-likeness (QED) is 0.727. The molecule has 0 spiro atoms. The summed E-state index contributed by atoms with van der Waals surface area (Å²) in [7, 11) is 1.33. The van der Waals surface area contributed by atoms with Gasteiger partial charge in [-0.1, -0.05) is 12.8 Å². The molecule has 1 aliphatic carbocycles. The van der Waals surface area contributed by atoms with E-state index >= 15 is 0 Å². The second-order valence-corrected chi connectivity index (χ2v) is 6.82. The van der Waals surface area contributed by atoms with Crippen LogP contribution in [0.4, 0.5) is 0 Å². The molecular weight excluding hydrogens is 334 g/mol. The number of ether oxygens (including phenoxy) is 1. The van der Waals surface area contributed by atoms with Crippen molar-refractivity contribution in [1.29, 1.82) is 0 Å². The van der Waals surface area contributed by atoms with E-state index < -0.39 is 5.97 Å². The van der Waals surface area contributed by atoms with Gasteiger partial charge in [0.2, 0.25) is 0 Å². The van der Waals surface area contributed by atoms with E-state index in [1.165, 1.54) is 13.5 Å². The van der Waals surface area contributed by atoms with Gasteiger partial charge in [-0.2, -0.15) is 5.10 Å². The van der Waals surface area contributed by atoms with E-state index in [1.807, 2.05) is 16.7 Å². The van der Waals surface area contributed by atoms with Crippen LogP contribution in [-0.2, 0) is 11.2 Å². The number of pyridine rings is 1. The molecule has 1 N–H and O–H groups in total. The first-order valence-corrected chi connectivity index (χ1v) is 8.88. The summed E-state index contributed by atoms with van der Waals surface area (Å²) in [5.74, 6) is 0.851. The highest BCUT2D eigenvalue weighted by Crippen LogP contribution is 2.37. The highest BCUT2D eigenvalue weighted by atomic mass is 16.5. The zero-order valence-corrected chi connectivity index (χ0v) is 14.6. The molecule has 1 aromatic rings. The van der Waals surface area contributed by atoms with Crippen molar-refractivity contribution in [2.75, 3.05) is 7.11 Å². The summed E-state index contributed by atoms with van der Waals surface area (Å²) < 4.78 is 12.4. The van der Waals surface area contributed by atoms with E-state index in [2.05, 4.69) is 10.2 Å². The number of rotatable bonds is 4. The fourth-order valence-corrected chi connectivity index (χ4v) is 4.01. The number of aromatic amines is 1. The second-order valence-electron chi connectivity index (χ2n) is 6.82. The van der Waals surface area contributed by atoms with Crippen LogP contribution in [0.25, 0.3) is 11.3 Å². The van der Waals surface area contributed by atoms with Crippen LogP contribution in [0, 0.1) is 5.92 Å². The summed E-state index contributed by atoms with van der Waals surface area (Å²) in [5.41, 5.74) is 0.787. The van der Waals surface area contributed by atoms with E-state index in [0.717, 1.165) is 31.4 Å². The number of nitrogens with zero attached hydrogens (tertiary/aromatic N) is 2. The van der Waals surface area contributed by atoms with Crippen LogP contribution in [-0.4, -0.2) is 27.8 Å². The molecule has 4 rings (SSSR count). The Morgan fingerprint density at radius 1 is 1.38 bits per heavy atom. The number of carbonyl (C=O) groups is 1. The summed E-state index contributed by atoms with van der Waals surface area (Å²) in [6.45, 7) is 0. The zero-order chi connectivity index (χ0) is 18.1. The lowest BCUT2D eigenvalue weighted by Crippen LogP contribution is -2.26. The number of fused-ring (bicyclic) bond motifs is 1. The van der Waals surface area contributed by atoms with E-state index in [-0.39, 0.29) is 11.6 Å². The standard InChI is InChI=1S/C19H21N3O4/c1-25-19(24)15-11-22(10-14-17(15)20-21-18(14)23)16-7-3-2-5-12(16)9-13-6-4-8-26-13/h4,6,8,10-12,16H,2-3,5,7,9H2,1H3,(H,21,23)/t12-,16+/m0/s1. The number of nitrogens with one attached hydrogen (secondary N) is 1. The third kappa shape index (κ3) is 2.94. The van der Waals surface area contributed by atoms with E-state index in [4.69, 9.17) is 9.15 Å². The van der Waals surface area contributed by atoms with Gasteiger partial charge in [0.05, 0.1) is 18.9 Å². The number of H-pyrrole nitrogens is 1. The predicted octanol–water partition coefficient (Wildman–Crippen LogP) is 3.03. The average molecular weight is 355 g/mol. The summed E-state index contributed by atoms with van der Waals surface area (Å²) in [6, 6.07) is 4.08. The molecule has 136 valence electrons. The van der Waals surface area contributed by atoms with Gasteiger partial charge in [0.15, 0.2) is 0 Å². The van der Waals surface area contributed by atoms with Crippen molar-refractivity contribution < 1.29 is 13.9 Å². The fraction of sp³-hybridized carbons (Fsp3) is 0.421. The summed E-state index contributed by atoms with van der Waals surface area (Å²) in [4.78, 5) is 24.3. The van der Waals surface area contributed by atoms with Gasteiger partial charge in [0.1, 0.15) is 17.0 Å². The van der Waals surface area contributed by atoms with Crippen LogP contribution in [0.2, 0.25) is 0 Å². The molecule has 1 saturated carbocycles. The molecule has 7 nitrogen and oxygen atoms in total. The molecule has 0 aromatic carbocycles. The maximum Gasteiger partial charge on any atom is 0.341 e. The van der Waals surface area contributed by atoms with Crippen molar-refractivity contribution in [2.24, 2.45) is 5.92 Å². The molecule has 0 amide bonds. The SMILES string of the molecule is COC(=O)c1cn([C@@H]2CCCC[C@H]2Cc2ccco2)cc2c(=O)[nH]nc1-2. The van der Waals surface area contributed by atoms with Crippen LogP contribution < -0.4 is 5.56 Å². The summed E-state index contributed by atoms with van der Waals surface area (Å²) in [6.07, 6.45) is 10.5. The van der Waals surface area contributed by atoms with E-state index in [9.17, 15) is 9.59 Å². The molecular formula is C19H21N3O4. The van der Waals surface area contributed by atoms with Crippen LogP contribution >= 0.6 is 0 Å². The Morgan fingerprint density at radius 2 is 2.23 bits per heavy atom. The van der Waals surface area contributed by atoms with Crippen molar-refractivity contribution in [3.63, 3.8) is 0 Å². The lowest BCUT2D eigenvalue weighted by atomic mass is 9.81. The number of methoxy groups -OCH3 is 1. The lowest BCUT2D eigenvalue weighted by molar-refractivity contribution is 0.0599. The predicted molar refractivity (Wildman–Crippen MR) is 94.2 cm³/mol. The molecule has 1 aromatic heterocycles. The van der Waals surface area contributed by atoms with Gasteiger partial charge in [0.25, 0.3) is 5.56 Å². The molecule has 2 atom stereocenters. The van der Waals surface area contributed by atoms with Gasteiger partial charge in [-0.15, -0.1) is 0 Å². The smallest absolute Gasteiger partial charge is 0.341 e. The molecule has 0 bridgehead atoms. The van der Waals surface area contributed by atoms with Gasteiger partial charge in [-0.25, -0.2) is 9.89 Å². The summed E-state index contributed by atoms with van der Waals surface area (Å²) in [5, 5.41) is 6.42. The maximum atomic E-state index is 12.2.